The van der Waals surface area contributed by atoms with Crippen molar-refractivity contribution in [2.75, 3.05) is 37.0 Å². The molecule has 26 heavy (non-hydrogen) atoms. The van der Waals surface area contributed by atoms with Crippen molar-refractivity contribution in [1.82, 2.24) is 9.80 Å². The monoisotopic (exact) mass is 393 g/mol. The van der Waals surface area contributed by atoms with Crippen molar-refractivity contribution in [3.8, 4) is 0 Å². The zero-order chi connectivity index (χ0) is 18.7. The normalized spacial score (nSPS) is 19.2. The molecule has 0 aliphatic carbocycles. The molecule has 1 aromatic carbocycles. The molecule has 7 heteroatoms. The van der Waals surface area contributed by atoms with E-state index < -0.39 is 0 Å². The molecule has 1 N–H and O–H groups in total. The predicted octanol–water partition coefficient (Wildman–Crippen LogP) is 3.96. The van der Waals surface area contributed by atoms with Gasteiger partial charge in [0.2, 0.25) is 5.91 Å². The molecule has 0 radical (unpaired) electrons. The van der Waals surface area contributed by atoms with Crippen LogP contribution in [0.1, 0.15) is 26.7 Å². The Bertz CT molecular complexity index is 655. The molecule has 2 saturated heterocycles. The molecule has 5 nitrogen and oxygen atoms in total. The largest absolute Gasteiger partial charge is 0.327 e. The lowest BCUT2D eigenvalue weighted by Crippen LogP contribution is -2.55. The minimum absolute atomic E-state index is 0.0242. The van der Waals surface area contributed by atoms with Crippen LogP contribution in [0.3, 0.4) is 0 Å². The van der Waals surface area contributed by atoms with Crippen LogP contribution in [0, 0.1) is 5.92 Å². The minimum Gasteiger partial charge on any atom is -0.327 e. The lowest BCUT2D eigenvalue weighted by atomic mass is 10.0. The molecule has 2 aliphatic heterocycles. The molecule has 0 atom stereocenters. The van der Waals surface area contributed by atoms with Crippen molar-refractivity contribution in [2.45, 2.75) is 36.5 Å². The average molecular weight is 394 g/mol. The van der Waals surface area contributed by atoms with E-state index in [2.05, 4.69) is 10.2 Å². The Morgan fingerprint density at radius 3 is 2.38 bits per heavy atom. The van der Waals surface area contributed by atoms with Gasteiger partial charge in [0.25, 0.3) is 0 Å². The number of piperidine rings is 1. The summed E-state index contributed by atoms with van der Waals surface area (Å²) in [4.78, 5) is 30.1. The van der Waals surface area contributed by atoms with E-state index in [4.69, 9.17) is 0 Å². The van der Waals surface area contributed by atoms with Gasteiger partial charge >= 0.3 is 6.03 Å². The van der Waals surface area contributed by atoms with Crippen LogP contribution in [0.4, 0.5) is 10.5 Å². The van der Waals surface area contributed by atoms with Crippen molar-refractivity contribution in [2.24, 2.45) is 5.92 Å². The smallest absolute Gasteiger partial charge is 0.321 e. The summed E-state index contributed by atoms with van der Waals surface area (Å²) >= 11 is 3.57. The molecule has 1 spiro atoms. The van der Waals surface area contributed by atoms with Crippen molar-refractivity contribution in [1.29, 1.82) is 0 Å². The topological polar surface area (TPSA) is 52.7 Å². The molecule has 3 amide bonds. The van der Waals surface area contributed by atoms with E-state index in [1.54, 1.807) is 11.8 Å². The number of thioether (sulfide) groups is 2. The summed E-state index contributed by atoms with van der Waals surface area (Å²) in [5, 5.41) is 2.98. The van der Waals surface area contributed by atoms with Gasteiger partial charge < -0.3 is 15.1 Å². The maximum atomic E-state index is 12.6. The molecule has 1 aromatic rings. The van der Waals surface area contributed by atoms with Crippen LogP contribution >= 0.6 is 23.5 Å². The zero-order valence-electron chi connectivity index (χ0n) is 15.7. The second-order valence-corrected chi connectivity index (χ2v) is 9.42. The number of nitrogens with one attached hydrogen (secondary N) is 1. The number of carbonyl (C=O) groups excluding carboxylic acids is 2. The van der Waals surface area contributed by atoms with E-state index >= 15 is 0 Å². The highest BCUT2D eigenvalue weighted by Crippen LogP contribution is 2.44. The average Bonchev–Trinajstić information content (AvgIpc) is 3.05. The van der Waals surface area contributed by atoms with Gasteiger partial charge in [-0.1, -0.05) is 13.8 Å². The standard InChI is InChI=1S/C19H27N3O2S2/c1-14(2)17(23)22-12-13-26-19(22)8-10-21(11-9-19)18(24)20-15-4-6-16(25-3)7-5-15/h4-7,14H,8-13H2,1-3H3,(H,20,24). The first-order chi connectivity index (χ1) is 12.4. The molecule has 0 saturated carbocycles. The maximum Gasteiger partial charge on any atom is 0.321 e. The second kappa shape index (κ2) is 8.13. The maximum absolute atomic E-state index is 12.6. The van der Waals surface area contributed by atoms with Crippen LogP contribution in [0.5, 0.6) is 0 Å². The zero-order valence-corrected chi connectivity index (χ0v) is 17.3. The van der Waals surface area contributed by atoms with E-state index in [0.717, 1.165) is 30.8 Å². The van der Waals surface area contributed by atoms with Crippen LogP contribution in [-0.4, -0.2) is 58.3 Å². The Hall–Kier alpha value is -1.34. The molecule has 2 aliphatic rings. The van der Waals surface area contributed by atoms with Gasteiger partial charge in [0.1, 0.15) is 0 Å². The van der Waals surface area contributed by atoms with Crippen molar-refractivity contribution in [3.63, 3.8) is 0 Å². The van der Waals surface area contributed by atoms with E-state index in [9.17, 15) is 9.59 Å². The number of hydrogen-bond acceptors (Lipinski definition) is 4. The summed E-state index contributed by atoms with van der Waals surface area (Å²) in [6.07, 6.45) is 3.72. The van der Waals surface area contributed by atoms with E-state index in [1.807, 2.05) is 61.0 Å². The summed E-state index contributed by atoms with van der Waals surface area (Å²) in [7, 11) is 0. The Morgan fingerprint density at radius 2 is 1.81 bits per heavy atom. The minimum atomic E-state index is -0.113. The number of carbonyl (C=O) groups is 2. The summed E-state index contributed by atoms with van der Waals surface area (Å²) in [6.45, 7) is 6.12. The summed E-state index contributed by atoms with van der Waals surface area (Å²) in [6, 6.07) is 7.84. The molecule has 0 bridgehead atoms. The fourth-order valence-electron chi connectivity index (χ4n) is 3.58. The van der Waals surface area contributed by atoms with Crippen LogP contribution < -0.4 is 5.32 Å². The number of hydrogen-bond donors (Lipinski definition) is 1. The van der Waals surface area contributed by atoms with Gasteiger partial charge in [0, 0.05) is 41.9 Å². The van der Waals surface area contributed by atoms with Gasteiger partial charge in [0.05, 0.1) is 4.87 Å². The van der Waals surface area contributed by atoms with E-state index in [1.165, 1.54) is 4.90 Å². The lowest BCUT2D eigenvalue weighted by molar-refractivity contribution is -0.137. The van der Waals surface area contributed by atoms with Gasteiger partial charge in [-0.3, -0.25) is 4.79 Å². The summed E-state index contributed by atoms with van der Waals surface area (Å²) < 4.78 is 0. The fraction of sp³-hybridized carbons (Fsp3) is 0.579. The number of anilines is 1. The Morgan fingerprint density at radius 1 is 1.15 bits per heavy atom. The predicted molar refractivity (Wildman–Crippen MR) is 110 cm³/mol. The lowest BCUT2D eigenvalue weighted by Gasteiger charge is -2.44. The highest BCUT2D eigenvalue weighted by atomic mass is 32.2. The molecule has 142 valence electrons. The highest BCUT2D eigenvalue weighted by molar-refractivity contribution is 8.00. The molecule has 3 rings (SSSR count). The van der Waals surface area contributed by atoms with Gasteiger partial charge in [-0.25, -0.2) is 4.79 Å². The SMILES string of the molecule is CSc1ccc(NC(=O)N2CCC3(CC2)SCCN3C(=O)C(C)C)cc1. The van der Waals surface area contributed by atoms with Gasteiger partial charge in [-0.2, -0.15) is 0 Å². The fourth-order valence-corrected chi connectivity index (χ4v) is 5.45. The number of rotatable bonds is 3. The summed E-state index contributed by atoms with van der Waals surface area (Å²) in [5.41, 5.74) is 0.819. The molecular weight excluding hydrogens is 366 g/mol. The quantitative estimate of drug-likeness (QED) is 0.790. The second-order valence-electron chi connectivity index (χ2n) is 7.08. The van der Waals surface area contributed by atoms with Gasteiger partial charge in [-0.15, -0.1) is 23.5 Å². The summed E-state index contributed by atoms with van der Waals surface area (Å²) in [5.74, 6) is 1.25. The molecular formula is C19H27N3O2S2. The Balaban J connectivity index is 1.58. The number of likely N-dealkylation sites (tertiary alicyclic amines) is 1. The molecule has 0 unspecified atom stereocenters. The Kier molecular flexibility index (Phi) is 6.07. The number of nitrogens with zero attached hydrogens (tertiary/aromatic N) is 2. The molecule has 2 heterocycles. The third-order valence-corrected chi connectivity index (χ3v) is 7.41. The molecule has 0 aromatic heterocycles. The van der Waals surface area contributed by atoms with Crippen molar-refractivity contribution in [3.05, 3.63) is 24.3 Å². The van der Waals surface area contributed by atoms with E-state index in [0.29, 0.717) is 13.1 Å². The van der Waals surface area contributed by atoms with Crippen LogP contribution in [0.25, 0.3) is 0 Å². The number of amides is 3. The third kappa shape index (κ3) is 3.98. The van der Waals surface area contributed by atoms with Crippen LogP contribution in [0.2, 0.25) is 0 Å². The first-order valence-corrected chi connectivity index (χ1v) is 11.3. The first-order valence-electron chi connectivity index (χ1n) is 9.10. The Labute approximate surface area is 164 Å². The number of urea groups is 1. The van der Waals surface area contributed by atoms with Crippen LogP contribution in [0.15, 0.2) is 29.2 Å². The van der Waals surface area contributed by atoms with Gasteiger partial charge in [0.15, 0.2) is 0 Å². The van der Waals surface area contributed by atoms with E-state index in [-0.39, 0.29) is 22.7 Å². The number of benzene rings is 1. The van der Waals surface area contributed by atoms with Crippen molar-refractivity contribution < 1.29 is 9.59 Å². The molecule has 2 fully saturated rings. The van der Waals surface area contributed by atoms with Crippen molar-refractivity contribution >= 4 is 41.1 Å². The third-order valence-electron chi connectivity index (χ3n) is 5.11. The highest BCUT2D eigenvalue weighted by Gasteiger charge is 2.47. The first kappa shape index (κ1) is 19.4. The van der Waals surface area contributed by atoms with Gasteiger partial charge in [-0.05, 0) is 43.4 Å². The van der Waals surface area contributed by atoms with Crippen LogP contribution in [-0.2, 0) is 4.79 Å².